The van der Waals surface area contributed by atoms with Gasteiger partial charge in [-0.25, -0.2) is 0 Å². The van der Waals surface area contributed by atoms with Crippen molar-refractivity contribution in [1.82, 2.24) is 20.9 Å². The first kappa shape index (κ1) is 20.6. The Morgan fingerprint density at radius 3 is 2.39 bits per heavy atom. The molecule has 1 aliphatic carbocycles. The molecule has 0 radical (unpaired) electrons. The van der Waals surface area contributed by atoms with Gasteiger partial charge in [0.05, 0.1) is 0 Å². The molecule has 1 amide bonds. The summed E-state index contributed by atoms with van der Waals surface area (Å²) in [6.45, 7) is 3.82. The normalized spacial score (nSPS) is 19.5. The lowest BCUT2D eigenvalue weighted by Crippen LogP contribution is -2.49. The highest BCUT2D eigenvalue weighted by atomic mass is 16.1. The van der Waals surface area contributed by atoms with Crippen LogP contribution in [0.25, 0.3) is 0 Å². The quantitative estimate of drug-likeness (QED) is 0.497. The molecule has 6 heteroatoms. The number of likely N-dealkylation sites (tertiary alicyclic amines) is 1. The van der Waals surface area contributed by atoms with Crippen LogP contribution in [0, 0.1) is 0 Å². The Bertz CT molecular complexity index is 619. The minimum atomic E-state index is 0.143. The Kier molecular flexibility index (Phi) is 8.15. The Balaban J connectivity index is 1.31. The summed E-state index contributed by atoms with van der Waals surface area (Å²) in [6, 6.07) is 11.5. The number of guanidine groups is 1. The van der Waals surface area contributed by atoms with E-state index >= 15 is 0 Å². The van der Waals surface area contributed by atoms with Crippen LogP contribution in [-0.2, 0) is 11.3 Å². The highest BCUT2D eigenvalue weighted by Gasteiger charge is 2.20. The van der Waals surface area contributed by atoms with Gasteiger partial charge in [0, 0.05) is 51.7 Å². The number of nitrogens with zero attached hydrogens (tertiary/aromatic N) is 2. The fourth-order valence-corrected chi connectivity index (χ4v) is 4.13. The molecule has 2 fully saturated rings. The van der Waals surface area contributed by atoms with Crippen molar-refractivity contribution in [2.24, 2.45) is 4.99 Å². The second kappa shape index (κ2) is 11.1. The van der Waals surface area contributed by atoms with E-state index in [0.29, 0.717) is 25.0 Å². The highest BCUT2D eigenvalue weighted by molar-refractivity contribution is 5.81. The fraction of sp³-hybridized carbons (Fsp3) is 0.636. The number of carbonyl (C=O) groups excluding carboxylic acids is 1. The summed E-state index contributed by atoms with van der Waals surface area (Å²) in [6.07, 6.45) is 7.45. The van der Waals surface area contributed by atoms with E-state index in [2.05, 4.69) is 56.2 Å². The van der Waals surface area contributed by atoms with Crippen molar-refractivity contribution in [2.45, 2.75) is 63.6 Å². The summed E-state index contributed by atoms with van der Waals surface area (Å²) < 4.78 is 0. The average Bonchev–Trinajstić information content (AvgIpc) is 3.22. The van der Waals surface area contributed by atoms with Gasteiger partial charge in [0.1, 0.15) is 0 Å². The summed E-state index contributed by atoms with van der Waals surface area (Å²) >= 11 is 0. The Morgan fingerprint density at radius 2 is 1.71 bits per heavy atom. The van der Waals surface area contributed by atoms with Gasteiger partial charge in [0.15, 0.2) is 5.96 Å². The molecule has 1 aromatic rings. The van der Waals surface area contributed by atoms with Crippen molar-refractivity contribution in [1.29, 1.82) is 0 Å². The van der Waals surface area contributed by atoms with Crippen LogP contribution in [-0.4, -0.2) is 55.5 Å². The van der Waals surface area contributed by atoms with Gasteiger partial charge in [-0.1, -0.05) is 43.2 Å². The lowest BCUT2D eigenvalue weighted by Gasteiger charge is -2.33. The molecule has 3 N–H and O–H groups in total. The van der Waals surface area contributed by atoms with Gasteiger partial charge in [-0.15, -0.1) is 0 Å². The number of nitrogens with one attached hydrogen (secondary N) is 3. The van der Waals surface area contributed by atoms with Crippen LogP contribution in [0.5, 0.6) is 0 Å². The zero-order valence-electron chi connectivity index (χ0n) is 17.1. The van der Waals surface area contributed by atoms with E-state index in [0.717, 1.165) is 51.3 Å². The fourth-order valence-electron chi connectivity index (χ4n) is 4.13. The van der Waals surface area contributed by atoms with E-state index in [1.165, 1.54) is 18.4 Å². The highest BCUT2D eigenvalue weighted by Crippen LogP contribution is 2.17. The summed E-state index contributed by atoms with van der Waals surface area (Å²) in [5, 5.41) is 9.94. The van der Waals surface area contributed by atoms with E-state index in [1.54, 1.807) is 7.05 Å². The molecule has 0 spiro atoms. The number of aliphatic imine (C=N–C) groups is 1. The molecule has 2 aliphatic rings. The predicted octanol–water partition coefficient (Wildman–Crippen LogP) is 2.26. The molecule has 1 aliphatic heterocycles. The first-order valence-corrected chi connectivity index (χ1v) is 10.8. The van der Waals surface area contributed by atoms with Crippen molar-refractivity contribution in [3.8, 4) is 0 Å². The van der Waals surface area contributed by atoms with Crippen LogP contribution < -0.4 is 16.0 Å². The van der Waals surface area contributed by atoms with Crippen LogP contribution in [0.2, 0.25) is 0 Å². The van der Waals surface area contributed by atoms with Crippen molar-refractivity contribution < 1.29 is 4.79 Å². The first-order chi connectivity index (χ1) is 13.7. The van der Waals surface area contributed by atoms with E-state index in [4.69, 9.17) is 0 Å². The maximum Gasteiger partial charge on any atom is 0.221 e. The molecule has 1 aromatic carbocycles. The molecule has 0 bridgehead atoms. The van der Waals surface area contributed by atoms with Gasteiger partial charge in [-0.05, 0) is 31.2 Å². The number of hydrogen-bond donors (Lipinski definition) is 3. The molecule has 1 heterocycles. The van der Waals surface area contributed by atoms with E-state index in [-0.39, 0.29) is 5.91 Å². The number of benzene rings is 1. The number of piperidine rings is 1. The van der Waals surface area contributed by atoms with E-state index < -0.39 is 0 Å². The number of amides is 1. The zero-order chi connectivity index (χ0) is 19.6. The monoisotopic (exact) mass is 385 g/mol. The lowest BCUT2D eigenvalue weighted by atomic mass is 10.0. The smallest absolute Gasteiger partial charge is 0.221 e. The summed E-state index contributed by atoms with van der Waals surface area (Å²) in [5.74, 6) is 0.944. The van der Waals surface area contributed by atoms with Crippen LogP contribution >= 0.6 is 0 Å². The summed E-state index contributed by atoms with van der Waals surface area (Å²) in [7, 11) is 1.79. The molecular formula is C22H35N5O. The molecule has 28 heavy (non-hydrogen) atoms. The minimum Gasteiger partial charge on any atom is -0.356 e. The molecule has 154 valence electrons. The molecule has 0 atom stereocenters. The maximum absolute atomic E-state index is 12.0. The SMILES string of the molecule is CN=C(NCCC(=O)NC1CCCC1)NC1CCN(Cc2ccccc2)CC1. The second-order valence-corrected chi connectivity index (χ2v) is 7.98. The molecular weight excluding hydrogens is 350 g/mol. The van der Waals surface area contributed by atoms with Gasteiger partial charge in [-0.3, -0.25) is 14.7 Å². The molecule has 6 nitrogen and oxygen atoms in total. The maximum atomic E-state index is 12.0. The zero-order valence-corrected chi connectivity index (χ0v) is 17.1. The minimum absolute atomic E-state index is 0.143. The predicted molar refractivity (Wildman–Crippen MR) is 114 cm³/mol. The number of carbonyl (C=O) groups is 1. The third-order valence-electron chi connectivity index (χ3n) is 5.77. The van der Waals surface area contributed by atoms with Crippen molar-refractivity contribution in [3.05, 3.63) is 35.9 Å². The van der Waals surface area contributed by atoms with Gasteiger partial charge in [-0.2, -0.15) is 0 Å². The van der Waals surface area contributed by atoms with Gasteiger partial charge in [0.25, 0.3) is 0 Å². The van der Waals surface area contributed by atoms with Gasteiger partial charge < -0.3 is 16.0 Å². The summed E-state index contributed by atoms with van der Waals surface area (Å²) in [5.41, 5.74) is 1.38. The molecule has 1 saturated heterocycles. The van der Waals surface area contributed by atoms with Crippen molar-refractivity contribution in [2.75, 3.05) is 26.7 Å². The van der Waals surface area contributed by atoms with Crippen LogP contribution in [0.3, 0.4) is 0 Å². The van der Waals surface area contributed by atoms with Gasteiger partial charge in [0.2, 0.25) is 5.91 Å². The third kappa shape index (κ3) is 6.82. The molecule has 1 saturated carbocycles. The van der Waals surface area contributed by atoms with Crippen molar-refractivity contribution >= 4 is 11.9 Å². The second-order valence-electron chi connectivity index (χ2n) is 7.98. The topological polar surface area (TPSA) is 68.8 Å². The first-order valence-electron chi connectivity index (χ1n) is 10.8. The number of hydrogen-bond acceptors (Lipinski definition) is 3. The van der Waals surface area contributed by atoms with Crippen LogP contribution in [0.4, 0.5) is 0 Å². The third-order valence-corrected chi connectivity index (χ3v) is 5.77. The van der Waals surface area contributed by atoms with Crippen LogP contribution in [0.1, 0.15) is 50.5 Å². The van der Waals surface area contributed by atoms with Crippen molar-refractivity contribution in [3.63, 3.8) is 0 Å². The largest absolute Gasteiger partial charge is 0.356 e. The summed E-state index contributed by atoms with van der Waals surface area (Å²) in [4.78, 5) is 18.9. The van der Waals surface area contributed by atoms with E-state index in [9.17, 15) is 4.79 Å². The lowest BCUT2D eigenvalue weighted by molar-refractivity contribution is -0.121. The Labute approximate surface area is 169 Å². The van der Waals surface area contributed by atoms with Gasteiger partial charge >= 0.3 is 0 Å². The van der Waals surface area contributed by atoms with Crippen LogP contribution in [0.15, 0.2) is 35.3 Å². The molecule has 3 rings (SSSR count). The molecule has 0 aromatic heterocycles. The van der Waals surface area contributed by atoms with E-state index in [1.807, 2.05) is 0 Å². The Morgan fingerprint density at radius 1 is 1.04 bits per heavy atom. The Hall–Kier alpha value is -2.08. The molecule has 0 unspecified atom stereocenters. The number of rotatable bonds is 7. The average molecular weight is 386 g/mol. The standard InChI is InChI=1S/C22H35N5O/c1-23-22(24-14-11-21(28)25-19-9-5-6-10-19)26-20-12-15-27(16-13-20)17-18-7-3-2-4-8-18/h2-4,7-8,19-20H,5-6,9-17H2,1H3,(H,25,28)(H2,23,24,26).